The first-order chi connectivity index (χ1) is 11.1. The molecule has 0 amide bonds. The van der Waals surface area contributed by atoms with E-state index in [1.807, 2.05) is 38.0 Å². The Kier molecular flexibility index (Phi) is 9.99. The number of nitrogens with zero attached hydrogens (tertiary/aromatic N) is 2. The number of thioether (sulfide) groups is 1. The van der Waals surface area contributed by atoms with Crippen molar-refractivity contribution < 1.29 is 4.39 Å². The van der Waals surface area contributed by atoms with Gasteiger partial charge in [0, 0.05) is 25.4 Å². The summed E-state index contributed by atoms with van der Waals surface area (Å²) in [4.78, 5) is 6.42. The molecule has 2 N–H and O–H groups in total. The topological polar surface area (TPSA) is 39.7 Å². The Bertz CT molecular complexity index is 504. The van der Waals surface area contributed by atoms with Crippen LogP contribution in [0.1, 0.15) is 24.4 Å². The molecule has 1 aliphatic heterocycles. The molecular formula is C17H28FIN4S. The molecular weight excluding hydrogens is 438 g/mol. The van der Waals surface area contributed by atoms with E-state index in [-0.39, 0.29) is 35.8 Å². The Morgan fingerprint density at radius 2 is 2.04 bits per heavy atom. The highest BCUT2D eigenvalue weighted by atomic mass is 127. The smallest absolute Gasteiger partial charge is 0.191 e. The Morgan fingerprint density at radius 1 is 1.33 bits per heavy atom. The largest absolute Gasteiger partial charge is 0.355 e. The fourth-order valence-electron chi connectivity index (χ4n) is 2.71. The molecule has 136 valence electrons. The zero-order chi connectivity index (χ0) is 16.7. The van der Waals surface area contributed by atoms with Crippen LogP contribution in [0.5, 0.6) is 0 Å². The lowest BCUT2D eigenvalue weighted by molar-refractivity contribution is 0.298. The fourth-order valence-corrected chi connectivity index (χ4v) is 3.91. The highest BCUT2D eigenvalue weighted by molar-refractivity contribution is 14.0. The summed E-state index contributed by atoms with van der Waals surface area (Å²) in [6.07, 6.45) is 2.60. The first-order valence-corrected chi connectivity index (χ1v) is 9.13. The molecule has 0 spiro atoms. The van der Waals surface area contributed by atoms with E-state index in [2.05, 4.69) is 20.5 Å². The quantitative estimate of drug-likeness (QED) is 0.384. The average Bonchev–Trinajstić information content (AvgIpc) is 3.05. The fraction of sp³-hybridized carbons (Fsp3) is 0.588. The van der Waals surface area contributed by atoms with Gasteiger partial charge in [-0.25, -0.2) is 4.39 Å². The number of halogens is 2. The summed E-state index contributed by atoms with van der Waals surface area (Å²) in [7, 11) is 5.85. The van der Waals surface area contributed by atoms with E-state index in [0.29, 0.717) is 5.25 Å². The Labute approximate surface area is 166 Å². The van der Waals surface area contributed by atoms with Crippen LogP contribution in [0.25, 0.3) is 0 Å². The molecule has 1 saturated heterocycles. The summed E-state index contributed by atoms with van der Waals surface area (Å²) in [5.74, 6) is 1.89. The van der Waals surface area contributed by atoms with Crippen molar-refractivity contribution in [3.05, 3.63) is 35.6 Å². The summed E-state index contributed by atoms with van der Waals surface area (Å²) < 4.78 is 13.1. The van der Waals surface area contributed by atoms with Crippen LogP contribution in [0, 0.1) is 5.82 Å². The highest BCUT2D eigenvalue weighted by Gasteiger charge is 2.17. The lowest BCUT2D eigenvalue weighted by atomic mass is 10.1. The summed E-state index contributed by atoms with van der Waals surface area (Å²) in [5, 5.41) is 7.48. The highest BCUT2D eigenvalue weighted by Crippen LogP contribution is 2.25. The monoisotopic (exact) mass is 466 g/mol. The van der Waals surface area contributed by atoms with E-state index in [0.717, 1.165) is 24.6 Å². The summed E-state index contributed by atoms with van der Waals surface area (Å²) in [6.45, 7) is 1.67. The van der Waals surface area contributed by atoms with Gasteiger partial charge in [-0.05, 0) is 50.4 Å². The minimum absolute atomic E-state index is 0. The molecule has 0 aromatic heterocycles. The molecule has 0 bridgehead atoms. The maximum Gasteiger partial charge on any atom is 0.191 e. The number of guanidine groups is 1. The number of hydrogen-bond donors (Lipinski definition) is 2. The van der Waals surface area contributed by atoms with Gasteiger partial charge >= 0.3 is 0 Å². The van der Waals surface area contributed by atoms with Crippen LogP contribution in [-0.4, -0.2) is 56.1 Å². The van der Waals surface area contributed by atoms with E-state index in [1.54, 1.807) is 7.05 Å². The second-order valence-corrected chi connectivity index (χ2v) is 7.41. The van der Waals surface area contributed by atoms with Gasteiger partial charge in [0.25, 0.3) is 0 Å². The third kappa shape index (κ3) is 6.76. The van der Waals surface area contributed by atoms with Crippen LogP contribution in [-0.2, 0) is 0 Å². The van der Waals surface area contributed by atoms with Crippen molar-refractivity contribution in [2.45, 2.75) is 24.1 Å². The third-order valence-corrected chi connectivity index (χ3v) is 5.48. The Morgan fingerprint density at radius 3 is 2.58 bits per heavy atom. The number of likely N-dealkylation sites (N-methyl/N-ethyl adjacent to an activating group) is 1. The summed E-state index contributed by atoms with van der Waals surface area (Å²) in [6, 6.07) is 6.86. The van der Waals surface area contributed by atoms with Crippen molar-refractivity contribution in [2.24, 2.45) is 4.99 Å². The molecule has 7 heteroatoms. The molecule has 0 radical (unpaired) electrons. The standard InChI is InChI=1S/C17H27FN4S.HI/c1-19-17(20-11-15-5-4-10-23-15)21-12-16(22(2)3)13-6-8-14(18)9-7-13;/h6-9,15-16H,4-5,10-12H2,1-3H3,(H2,19,20,21);1H. The molecule has 1 aromatic carbocycles. The van der Waals surface area contributed by atoms with Gasteiger partial charge in [-0.15, -0.1) is 24.0 Å². The van der Waals surface area contributed by atoms with Gasteiger partial charge in [0.05, 0.1) is 6.04 Å². The second kappa shape index (κ2) is 11.1. The molecule has 2 atom stereocenters. The predicted octanol–water partition coefficient (Wildman–Crippen LogP) is 3.11. The van der Waals surface area contributed by atoms with Gasteiger partial charge in [0.2, 0.25) is 0 Å². The molecule has 1 aromatic rings. The number of aliphatic imine (C=N–C) groups is 1. The van der Waals surface area contributed by atoms with Gasteiger partial charge in [-0.3, -0.25) is 4.99 Å². The molecule has 2 unspecified atom stereocenters. The Hall–Kier alpha value is -0.540. The van der Waals surface area contributed by atoms with E-state index >= 15 is 0 Å². The molecule has 4 nitrogen and oxygen atoms in total. The Balaban J connectivity index is 0.00000288. The van der Waals surface area contributed by atoms with Crippen molar-refractivity contribution in [1.29, 1.82) is 0 Å². The molecule has 1 heterocycles. The predicted molar refractivity (Wildman–Crippen MR) is 113 cm³/mol. The van der Waals surface area contributed by atoms with E-state index in [4.69, 9.17) is 0 Å². The zero-order valence-electron chi connectivity index (χ0n) is 14.6. The minimum atomic E-state index is -0.203. The van der Waals surface area contributed by atoms with Crippen LogP contribution in [0.2, 0.25) is 0 Å². The number of hydrogen-bond acceptors (Lipinski definition) is 3. The van der Waals surface area contributed by atoms with Crippen LogP contribution in [0.15, 0.2) is 29.3 Å². The molecule has 24 heavy (non-hydrogen) atoms. The SMILES string of the molecule is CN=C(NCC1CCCS1)NCC(c1ccc(F)cc1)N(C)C.I. The van der Waals surface area contributed by atoms with Crippen molar-refractivity contribution in [3.63, 3.8) is 0 Å². The van der Waals surface area contributed by atoms with E-state index < -0.39 is 0 Å². The average molecular weight is 466 g/mol. The first-order valence-electron chi connectivity index (χ1n) is 8.08. The molecule has 1 fully saturated rings. The zero-order valence-corrected chi connectivity index (χ0v) is 17.7. The van der Waals surface area contributed by atoms with Gasteiger partial charge < -0.3 is 15.5 Å². The normalized spacial score (nSPS) is 19.0. The van der Waals surface area contributed by atoms with Gasteiger partial charge in [-0.1, -0.05) is 12.1 Å². The van der Waals surface area contributed by atoms with Crippen molar-refractivity contribution in [2.75, 3.05) is 40.0 Å². The summed E-state index contributed by atoms with van der Waals surface area (Å²) >= 11 is 2.03. The molecule has 2 rings (SSSR count). The van der Waals surface area contributed by atoms with Crippen molar-refractivity contribution in [1.82, 2.24) is 15.5 Å². The van der Waals surface area contributed by atoms with Crippen molar-refractivity contribution >= 4 is 41.7 Å². The van der Waals surface area contributed by atoms with Crippen LogP contribution >= 0.6 is 35.7 Å². The van der Waals surface area contributed by atoms with Crippen LogP contribution < -0.4 is 10.6 Å². The minimum Gasteiger partial charge on any atom is -0.355 e. The number of rotatable bonds is 6. The van der Waals surface area contributed by atoms with Crippen LogP contribution in [0.3, 0.4) is 0 Å². The number of nitrogens with one attached hydrogen (secondary N) is 2. The van der Waals surface area contributed by atoms with Gasteiger partial charge in [-0.2, -0.15) is 11.8 Å². The van der Waals surface area contributed by atoms with Gasteiger partial charge in [0.15, 0.2) is 5.96 Å². The van der Waals surface area contributed by atoms with E-state index in [9.17, 15) is 4.39 Å². The first kappa shape index (κ1) is 21.5. The second-order valence-electron chi connectivity index (χ2n) is 6.00. The van der Waals surface area contributed by atoms with E-state index in [1.165, 1.54) is 30.7 Å². The lowest BCUT2D eigenvalue weighted by Crippen LogP contribution is -2.43. The molecule has 1 aliphatic rings. The summed E-state index contributed by atoms with van der Waals surface area (Å²) in [5.41, 5.74) is 1.09. The lowest BCUT2D eigenvalue weighted by Gasteiger charge is -2.26. The van der Waals surface area contributed by atoms with Gasteiger partial charge in [0.1, 0.15) is 5.82 Å². The third-order valence-electron chi connectivity index (χ3n) is 4.09. The van der Waals surface area contributed by atoms with Crippen molar-refractivity contribution in [3.8, 4) is 0 Å². The molecule has 0 saturated carbocycles. The molecule has 0 aliphatic carbocycles. The maximum atomic E-state index is 13.1. The number of benzene rings is 1. The van der Waals surface area contributed by atoms with Crippen LogP contribution in [0.4, 0.5) is 4.39 Å². The maximum absolute atomic E-state index is 13.1.